The van der Waals surface area contributed by atoms with Crippen LogP contribution in [-0.2, 0) is 14.9 Å². The zero-order valence-corrected chi connectivity index (χ0v) is 21.1. The Hall–Kier alpha value is -2.56. The van der Waals surface area contributed by atoms with Crippen LogP contribution in [-0.4, -0.2) is 82.3 Å². The van der Waals surface area contributed by atoms with Crippen LogP contribution in [0.25, 0.3) is 0 Å². The summed E-state index contributed by atoms with van der Waals surface area (Å²) in [6.07, 6.45) is -0.517. The average Bonchev–Trinajstić information content (AvgIpc) is 3.34. The van der Waals surface area contributed by atoms with E-state index in [2.05, 4.69) is 4.90 Å². The molecule has 1 aliphatic carbocycles. The Morgan fingerprint density at radius 1 is 1.22 bits per heavy atom. The molecule has 7 atom stereocenters. The van der Waals surface area contributed by atoms with Gasteiger partial charge >= 0.3 is 0 Å². The van der Waals surface area contributed by atoms with Crippen LogP contribution in [0.4, 0.5) is 5.69 Å². The monoisotopic (exact) mass is 497 g/mol. The van der Waals surface area contributed by atoms with Gasteiger partial charge in [0.2, 0.25) is 11.4 Å². The Balaban J connectivity index is 1.48. The number of hydrogen-bond donors (Lipinski definition) is 1. The van der Waals surface area contributed by atoms with Crippen LogP contribution in [0.5, 0.6) is 5.75 Å². The summed E-state index contributed by atoms with van der Waals surface area (Å²) in [5.74, 6) is -0.844. The summed E-state index contributed by atoms with van der Waals surface area (Å²) in [5.41, 5.74) is -3.27. The van der Waals surface area contributed by atoms with E-state index in [-0.39, 0.29) is 59.3 Å². The number of anilines is 1. The van der Waals surface area contributed by atoms with Gasteiger partial charge in [-0.3, -0.25) is 24.6 Å². The van der Waals surface area contributed by atoms with E-state index in [4.69, 9.17) is 9.47 Å². The van der Waals surface area contributed by atoms with Gasteiger partial charge in [-0.05, 0) is 37.3 Å². The number of methoxy groups -OCH3 is 1. The minimum absolute atomic E-state index is 0.0541. The van der Waals surface area contributed by atoms with Crippen molar-refractivity contribution in [1.29, 1.82) is 0 Å². The molecule has 0 radical (unpaired) electrons. The first-order valence-electron chi connectivity index (χ1n) is 12.7. The summed E-state index contributed by atoms with van der Waals surface area (Å²) >= 11 is 0. The Labute approximate surface area is 208 Å². The SMILES string of the molecule is COc1ccc2c3c1C(=O)C(O)C(C)(C)N3C(=O)C21CC2([N+](=O)[O-])CN3CC4OC4C3CC2C1(C)C. The van der Waals surface area contributed by atoms with E-state index in [1.165, 1.54) is 7.11 Å². The number of benzene rings is 1. The van der Waals surface area contributed by atoms with Crippen LogP contribution >= 0.6 is 0 Å². The summed E-state index contributed by atoms with van der Waals surface area (Å²) < 4.78 is 11.3. The van der Waals surface area contributed by atoms with Crippen molar-refractivity contribution in [2.24, 2.45) is 11.3 Å². The van der Waals surface area contributed by atoms with Gasteiger partial charge in [-0.15, -0.1) is 0 Å². The smallest absolute Gasteiger partial charge is 0.239 e. The molecule has 5 heterocycles. The maximum absolute atomic E-state index is 14.7. The summed E-state index contributed by atoms with van der Waals surface area (Å²) in [4.78, 5) is 44.7. The molecule has 192 valence electrons. The topological polar surface area (TPSA) is 126 Å². The minimum Gasteiger partial charge on any atom is -0.496 e. The number of amides is 1. The highest BCUT2D eigenvalue weighted by Crippen LogP contribution is 2.71. The molecule has 1 N–H and O–H groups in total. The number of carbonyl (C=O) groups excluding carboxylic acids is 2. The molecule has 3 saturated heterocycles. The molecular weight excluding hydrogens is 466 g/mol. The van der Waals surface area contributed by atoms with E-state index in [0.717, 1.165) is 0 Å². The van der Waals surface area contributed by atoms with Crippen molar-refractivity contribution in [3.8, 4) is 5.75 Å². The number of morpholine rings is 1. The fourth-order valence-electron chi connectivity index (χ4n) is 8.87. The number of ketones is 1. The van der Waals surface area contributed by atoms with Crippen LogP contribution in [0.1, 0.15) is 56.5 Å². The quantitative estimate of drug-likeness (QED) is 0.371. The number of aliphatic hydroxyl groups is 1. The van der Waals surface area contributed by atoms with Gasteiger partial charge in [0.15, 0.2) is 5.78 Å². The lowest BCUT2D eigenvalue weighted by Gasteiger charge is -2.46. The van der Waals surface area contributed by atoms with Crippen molar-refractivity contribution < 1.29 is 29.1 Å². The van der Waals surface area contributed by atoms with Crippen molar-refractivity contribution in [2.45, 2.75) is 81.4 Å². The molecule has 0 bridgehead atoms. The highest BCUT2D eigenvalue weighted by molar-refractivity contribution is 6.21. The first-order chi connectivity index (χ1) is 16.8. The molecule has 7 rings (SSSR count). The van der Waals surface area contributed by atoms with Gasteiger partial charge in [0.05, 0.1) is 42.0 Å². The lowest BCUT2D eigenvalue weighted by molar-refractivity contribution is -0.584. The van der Waals surface area contributed by atoms with E-state index >= 15 is 0 Å². The van der Waals surface area contributed by atoms with Crippen molar-refractivity contribution >= 4 is 17.4 Å². The summed E-state index contributed by atoms with van der Waals surface area (Å²) in [5, 5.41) is 24.0. The van der Waals surface area contributed by atoms with E-state index in [1.807, 2.05) is 19.9 Å². The lowest BCUT2D eigenvalue weighted by Crippen LogP contribution is -2.62. The third-order valence-electron chi connectivity index (χ3n) is 10.7. The Morgan fingerprint density at radius 3 is 2.61 bits per heavy atom. The predicted octanol–water partition coefficient (Wildman–Crippen LogP) is 1.53. The van der Waals surface area contributed by atoms with Crippen LogP contribution in [0.2, 0.25) is 0 Å². The third kappa shape index (κ3) is 2.15. The number of piperidine rings is 1. The van der Waals surface area contributed by atoms with Gasteiger partial charge < -0.3 is 19.5 Å². The number of nitro groups is 1. The van der Waals surface area contributed by atoms with E-state index in [1.54, 1.807) is 24.8 Å². The number of fused-ring (bicyclic) bond motifs is 5. The number of ether oxygens (including phenoxy) is 2. The van der Waals surface area contributed by atoms with Gasteiger partial charge in [-0.1, -0.05) is 19.9 Å². The van der Waals surface area contributed by atoms with Gasteiger partial charge in [0, 0.05) is 29.8 Å². The zero-order chi connectivity index (χ0) is 25.7. The van der Waals surface area contributed by atoms with Gasteiger partial charge in [-0.2, -0.15) is 0 Å². The molecule has 1 aromatic rings. The fraction of sp³-hybridized carbons (Fsp3) is 0.692. The molecule has 1 aromatic carbocycles. The van der Waals surface area contributed by atoms with E-state index in [0.29, 0.717) is 24.2 Å². The summed E-state index contributed by atoms with van der Waals surface area (Å²) in [6.45, 7) is 8.30. The lowest BCUT2D eigenvalue weighted by atomic mass is 9.60. The number of hydrogen-bond acceptors (Lipinski definition) is 8. The highest BCUT2D eigenvalue weighted by Gasteiger charge is 2.81. The van der Waals surface area contributed by atoms with Crippen molar-refractivity contribution in [1.82, 2.24) is 4.90 Å². The molecule has 36 heavy (non-hydrogen) atoms. The summed E-state index contributed by atoms with van der Waals surface area (Å²) in [7, 11) is 1.45. The highest BCUT2D eigenvalue weighted by atomic mass is 16.6. The first-order valence-corrected chi connectivity index (χ1v) is 12.7. The largest absolute Gasteiger partial charge is 0.496 e. The van der Waals surface area contributed by atoms with Crippen LogP contribution in [0, 0.1) is 21.4 Å². The summed E-state index contributed by atoms with van der Waals surface area (Å²) in [6, 6.07) is 3.59. The molecule has 1 amide bonds. The Bertz CT molecular complexity index is 1280. The number of aliphatic hydroxyl groups excluding tert-OH is 1. The normalized spacial score (nSPS) is 42.7. The minimum atomic E-state index is -1.45. The van der Waals surface area contributed by atoms with E-state index < -0.39 is 33.8 Å². The van der Waals surface area contributed by atoms with Crippen molar-refractivity contribution in [2.75, 3.05) is 25.1 Å². The second-order valence-corrected chi connectivity index (χ2v) is 12.7. The Kier molecular flexibility index (Phi) is 3.95. The van der Waals surface area contributed by atoms with Crippen LogP contribution in [0.3, 0.4) is 0 Å². The van der Waals surface area contributed by atoms with Crippen molar-refractivity contribution in [3.05, 3.63) is 33.4 Å². The van der Waals surface area contributed by atoms with Crippen molar-refractivity contribution in [3.63, 3.8) is 0 Å². The molecule has 1 spiro atoms. The van der Waals surface area contributed by atoms with E-state index in [9.17, 15) is 24.8 Å². The second-order valence-electron chi connectivity index (χ2n) is 12.7. The van der Waals surface area contributed by atoms with Gasteiger partial charge in [0.25, 0.3) is 0 Å². The average molecular weight is 498 g/mol. The molecule has 0 aromatic heterocycles. The van der Waals surface area contributed by atoms with Gasteiger partial charge in [0.1, 0.15) is 18.0 Å². The first kappa shape index (κ1) is 22.6. The number of carbonyl (C=O) groups is 2. The number of nitrogens with zero attached hydrogens (tertiary/aromatic N) is 3. The van der Waals surface area contributed by atoms with Crippen LogP contribution in [0.15, 0.2) is 12.1 Å². The molecule has 10 nitrogen and oxygen atoms in total. The molecule has 6 aliphatic rings. The van der Waals surface area contributed by atoms with Gasteiger partial charge in [-0.25, -0.2) is 0 Å². The zero-order valence-electron chi connectivity index (χ0n) is 21.1. The molecule has 5 aliphatic heterocycles. The molecule has 10 heteroatoms. The molecule has 7 unspecified atom stereocenters. The Morgan fingerprint density at radius 2 is 1.94 bits per heavy atom. The second kappa shape index (κ2) is 6.28. The standard InChI is InChI=1S/C26H31N3O7/c1-23(2)16-8-13-20-15(36-20)9-27(13)11-25(16,29(33)34)10-26(23)12-6-7-14(35-5)17-18(12)28(22(26)32)24(3,4)21(31)19(17)30/h6-7,13,15-16,20-21,31H,8-11H2,1-5H3. The number of rotatable bonds is 2. The molecule has 1 saturated carbocycles. The number of Topliss-reactive ketones (excluding diaryl/α,β-unsaturated/α-hetero) is 1. The molecular formula is C26H31N3O7. The maximum atomic E-state index is 14.7. The van der Waals surface area contributed by atoms with Crippen LogP contribution < -0.4 is 9.64 Å². The third-order valence-corrected chi connectivity index (χ3v) is 10.7. The number of epoxide rings is 1. The predicted molar refractivity (Wildman–Crippen MR) is 127 cm³/mol. The fourth-order valence-corrected chi connectivity index (χ4v) is 8.87. The molecule has 4 fully saturated rings. The maximum Gasteiger partial charge on any atom is 0.239 e.